The zero-order valence-electron chi connectivity index (χ0n) is 11.1. The Morgan fingerprint density at radius 1 is 1.35 bits per heavy atom. The number of hydrogen-bond donors (Lipinski definition) is 1. The second kappa shape index (κ2) is 6.67. The van der Waals surface area contributed by atoms with E-state index in [-0.39, 0.29) is 11.9 Å². The average molecular weight is 239 g/mol. The van der Waals surface area contributed by atoms with E-state index in [2.05, 4.69) is 36.2 Å². The average Bonchev–Trinajstić information content (AvgIpc) is 2.26. The summed E-state index contributed by atoms with van der Waals surface area (Å²) in [4.78, 5) is 6.02. The lowest BCUT2D eigenvalue weighted by molar-refractivity contribution is 0.354. The number of nitrogens with one attached hydrogen (secondary N) is 1. The molecule has 96 valence electrons. The van der Waals surface area contributed by atoms with Crippen LogP contribution in [0.4, 0.5) is 4.39 Å². The van der Waals surface area contributed by atoms with E-state index in [1.54, 1.807) is 6.20 Å². The minimum Gasteiger partial charge on any atom is -0.309 e. The lowest BCUT2D eigenvalue weighted by atomic mass is 10.1. The molecule has 17 heavy (non-hydrogen) atoms. The lowest BCUT2D eigenvalue weighted by Gasteiger charge is -2.21. The summed E-state index contributed by atoms with van der Waals surface area (Å²) in [5.74, 6) is -0.280. The zero-order valence-corrected chi connectivity index (χ0v) is 11.1. The van der Waals surface area contributed by atoms with Gasteiger partial charge < -0.3 is 10.2 Å². The molecular weight excluding hydrogens is 217 g/mol. The Hall–Kier alpha value is -1.00. The van der Waals surface area contributed by atoms with Gasteiger partial charge in [-0.15, -0.1) is 0 Å². The monoisotopic (exact) mass is 239 g/mol. The molecule has 0 bridgehead atoms. The fourth-order valence-corrected chi connectivity index (χ4v) is 1.72. The molecule has 1 heterocycles. The summed E-state index contributed by atoms with van der Waals surface area (Å²) in [7, 11) is 4.12. The summed E-state index contributed by atoms with van der Waals surface area (Å²) in [6, 6.07) is 2.05. The van der Waals surface area contributed by atoms with Gasteiger partial charge in [-0.2, -0.15) is 0 Å². The van der Waals surface area contributed by atoms with Gasteiger partial charge in [0.25, 0.3) is 0 Å². The Morgan fingerprint density at radius 3 is 2.65 bits per heavy atom. The molecule has 1 N–H and O–H groups in total. The molecule has 0 aliphatic carbocycles. The van der Waals surface area contributed by atoms with Crippen LogP contribution in [0.25, 0.3) is 0 Å². The van der Waals surface area contributed by atoms with Crippen molar-refractivity contribution in [2.24, 2.45) is 0 Å². The molecule has 4 heteroatoms. The molecule has 1 aromatic rings. The van der Waals surface area contributed by atoms with Crippen molar-refractivity contribution in [3.8, 4) is 0 Å². The summed E-state index contributed by atoms with van der Waals surface area (Å²) >= 11 is 0. The van der Waals surface area contributed by atoms with Crippen LogP contribution >= 0.6 is 0 Å². The van der Waals surface area contributed by atoms with E-state index in [0.29, 0.717) is 6.04 Å². The lowest BCUT2D eigenvalue weighted by Crippen LogP contribution is -2.32. The van der Waals surface area contributed by atoms with Gasteiger partial charge in [0.05, 0.1) is 6.20 Å². The first kappa shape index (κ1) is 14.1. The Labute approximate surface area is 103 Å². The van der Waals surface area contributed by atoms with Gasteiger partial charge in [0, 0.05) is 18.3 Å². The van der Waals surface area contributed by atoms with Crippen molar-refractivity contribution < 1.29 is 4.39 Å². The third kappa shape index (κ3) is 5.24. The van der Waals surface area contributed by atoms with E-state index in [0.717, 1.165) is 18.5 Å². The van der Waals surface area contributed by atoms with Crippen molar-refractivity contribution in [2.45, 2.75) is 32.4 Å². The molecule has 2 unspecified atom stereocenters. The van der Waals surface area contributed by atoms with Crippen molar-refractivity contribution in [3.63, 3.8) is 0 Å². The minimum atomic E-state index is -0.280. The maximum absolute atomic E-state index is 13.0. The molecule has 0 aromatic carbocycles. The number of aromatic nitrogens is 1. The highest BCUT2D eigenvalue weighted by Gasteiger charge is 2.10. The van der Waals surface area contributed by atoms with Gasteiger partial charge in [0.1, 0.15) is 5.82 Å². The van der Waals surface area contributed by atoms with Crippen LogP contribution in [0.15, 0.2) is 18.5 Å². The Kier molecular flexibility index (Phi) is 5.51. The Morgan fingerprint density at radius 2 is 2.06 bits per heavy atom. The number of rotatable bonds is 6. The summed E-state index contributed by atoms with van der Waals surface area (Å²) in [6.45, 7) is 5.22. The van der Waals surface area contributed by atoms with Crippen LogP contribution in [0, 0.1) is 5.82 Å². The molecular formula is C13H22FN3. The van der Waals surface area contributed by atoms with Gasteiger partial charge in [-0.25, -0.2) is 4.39 Å². The van der Waals surface area contributed by atoms with Crippen molar-refractivity contribution in [1.82, 2.24) is 15.2 Å². The first-order chi connectivity index (χ1) is 7.99. The summed E-state index contributed by atoms with van der Waals surface area (Å²) < 4.78 is 13.0. The van der Waals surface area contributed by atoms with Crippen molar-refractivity contribution in [3.05, 3.63) is 29.8 Å². The first-order valence-electron chi connectivity index (χ1n) is 6.00. The molecule has 1 rings (SSSR count). The molecule has 3 nitrogen and oxygen atoms in total. The molecule has 1 aromatic heterocycles. The number of nitrogens with zero attached hydrogens (tertiary/aromatic N) is 2. The van der Waals surface area contributed by atoms with Crippen LogP contribution in [0.5, 0.6) is 0 Å². The number of hydrogen-bond acceptors (Lipinski definition) is 3. The molecule has 0 amide bonds. The Bertz CT molecular complexity index is 341. The van der Waals surface area contributed by atoms with E-state index in [1.807, 2.05) is 6.92 Å². The molecule has 0 spiro atoms. The topological polar surface area (TPSA) is 28.2 Å². The van der Waals surface area contributed by atoms with Gasteiger partial charge in [-0.3, -0.25) is 4.98 Å². The summed E-state index contributed by atoms with van der Waals surface area (Å²) in [5.41, 5.74) is 0.890. The highest BCUT2D eigenvalue weighted by Crippen LogP contribution is 2.13. The second-order valence-electron chi connectivity index (χ2n) is 4.82. The minimum absolute atomic E-state index is 0.121. The fraction of sp³-hybridized carbons (Fsp3) is 0.615. The first-order valence-corrected chi connectivity index (χ1v) is 6.00. The normalized spacial score (nSPS) is 14.9. The van der Waals surface area contributed by atoms with Crippen LogP contribution in [0.3, 0.4) is 0 Å². The standard InChI is InChI=1S/C13H22FN3/c1-10(5-6-17(3)4)16-11(2)12-7-13(14)9-15-8-12/h7-11,16H,5-6H2,1-4H3. The molecule has 2 atom stereocenters. The van der Waals surface area contributed by atoms with Gasteiger partial charge in [-0.1, -0.05) is 0 Å². The van der Waals surface area contributed by atoms with Crippen LogP contribution in [0.2, 0.25) is 0 Å². The molecule has 0 fully saturated rings. The maximum Gasteiger partial charge on any atom is 0.141 e. The molecule has 0 saturated heterocycles. The quantitative estimate of drug-likeness (QED) is 0.825. The van der Waals surface area contributed by atoms with E-state index in [9.17, 15) is 4.39 Å². The SMILES string of the molecule is CC(CCN(C)C)NC(C)c1cncc(F)c1. The predicted octanol–water partition coefficient (Wildman–Crippen LogP) is 2.21. The molecule has 0 saturated carbocycles. The fourth-order valence-electron chi connectivity index (χ4n) is 1.72. The summed E-state index contributed by atoms with van der Waals surface area (Å²) in [6.07, 6.45) is 4.01. The largest absolute Gasteiger partial charge is 0.309 e. The smallest absolute Gasteiger partial charge is 0.141 e. The van der Waals surface area contributed by atoms with Crippen LogP contribution in [0.1, 0.15) is 31.9 Å². The highest BCUT2D eigenvalue weighted by molar-refractivity contribution is 5.14. The second-order valence-corrected chi connectivity index (χ2v) is 4.82. The summed E-state index contributed by atoms with van der Waals surface area (Å²) in [5, 5.41) is 3.45. The van der Waals surface area contributed by atoms with Crippen molar-refractivity contribution in [2.75, 3.05) is 20.6 Å². The highest BCUT2D eigenvalue weighted by atomic mass is 19.1. The van der Waals surface area contributed by atoms with Crippen molar-refractivity contribution >= 4 is 0 Å². The predicted molar refractivity (Wildman–Crippen MR) is 68.4 cm³/mol. The van der Waals surface area contributed by atoms with Gasteiger partial charge in [-0.05, 0) is 52.5 Å². The van der Waals surface area contributed by atoms with E-state index in [1.165, 1.54) is 12.3 Å². The number of pyridine rings is 1. The molecule has 0 radical (unpaired) electrons. The Balaban J connectivity index is 2.45. The number of halogens is 1. The van der Waals surface area contributed by atoms with E-state index in [4.69, 9.17) is 0 Å². The molecule has 0 aliphatic rings. The maximum atomic E-state index is 13.0. The third-order valence-electron chi connectivity index (χ3n) is 2.77. The van der Waals surface area contributed by atoms with Crippen LogP contribution in [-0.4, -0.2) is 36.6 Å². The molecule has 0 aliphatic heterocycles. The van der Waals surface area contributed by atoms with Gasteiger partial charge >= 0.3 is 0 Å². The zero-order chi connectivity index (χ0) is 12.8. The van der Waals surface area contributed by atoms with Crippen LogP contribution in [-0.2, 0) is 0 Å². The van der Waals surface area contributed by atoms with E-state index >= 15 is 0 Å². The van der Waals surface area contributed by atoms with Crippen molar-refractivity contribution in [1.29, 1.82) is 0 Å². The van der Waals surface area contributed by atoms with E-state index < -0.39 is 0 Å². The van der Waals surface area contributed by atoms with Gasteiger partial charge in [0.2, 0.25) is 0 Å². The van der Waals surface area contributed by atoms with Gasteiger partial charge in [0.15, 0.2) is 0 Å². The third-order valence-corrected chi connectivity index (χ3v) is 2.77. The van der Waals surface area contributed by atoms with Crippen LogP contribution < -0.4 is 5.32 Å².